The lowest BCUT2D eigenvalue weighted by molar-refractivity contribution is 0.0953. The molecule has 3 N–H and O–H groups in total. The fourth-order valence-electron chi connectivity index (χ4n) is 1.57. The molecule has 0 atom stereocenters. The molecule has 1 aromatic carbocycles. The standard InChI is InChI=1S/C12H12N4O2/c13-15-12(18)10-4-1-3-9(7-10)8-16-11(17)5-2-6-14-16/h1-7H,8,13H2,(H,15,18). The van der Waals surface area contributed by atoms with Crippen LogP contribution in [0.4, 0.5) is 0 Å². The normalized spacial score (nSPS) is 10.1. The van der Waals surface area contributed by atoms with Crippen molar-refractivity contribution in [2.24, 2.45) is 5.84 Å². The lowest BCUT2D eigenvalue weighted by Gasteiger charge is -2.05. The molecule has 1 aromatic heterocycles. The third-order valence-electron chi connectivity index (χ3n) is 2.44. The number of hydrazine groups is 1. The summed E-state index contributed by atoms with van der Waals surface area (Å²) < 4.78 is 1.32. The van der Waals surface area contributed by atoms with Gasteiger partial charge in [-0.2, -0.15) is 5.10 Å². The van der Waals surface area contributed by atoms with Crippen molar-refractivity contribution < 1.29 is 4.79 Å². The molecule has 6 heteroatoms. The minimum Gasteiger partial charge on any atom is -0.290 e. The molecule has 0 radical (unpaired) electrons. The van der Waals surface area contributed by atoms with E-state index in [2.05, 4.69) is 10.5 Å². The number of nitrogen functional groups attached to an aromatic ring is 1. The number of nitrogens with zero attached hydrogens (tertiary/aromatic N) is 2. The van der Waals surface area contributed by atoms with Crippen molar-refractivity contribution in [2.75, 3.05) is 0 Å². The molecular weight excluding hydrogens is 232 g/mol. The van der Waals surface area contributed by atoms with E-state index in [0.717, 1.165) is 5.56 Å². The summed E-state index contributed by atoms with van der Waals surface area (Å²) in [4.78, 5) is 22.9. The molecule has 0 aliphatic carbocycles. The van der Waals surface area contributed by atoms with E-state index in [4.69, 9.17) is 5.84 Å². The quantitative estimate of drug-likeness (QED) is 0.448. The molecule has 2 rings (SSSR count). The van der Waals surface area contributed by atoms with E-state index in [0.29, 0.717) is 12.1 Å². The minimum atomic E-state index is -0.370. The fourth-order valence-corrected chi connectivity index (χ4v) is 1.57. The second-order valence-electron chi connectivity index (χ2n) is 3.69. The Kier molecular flexibility index (Phi) is 3.49. The first-order valence-corrected chi connectivity index (χ1v) is 5.33. The molecule has 0 bridgehead atoms. The highest BCUT2D eigenvalue weighted by Crippen LogP contribution is 2.05. The summed E-state index contributed by atoms with van der Waals surface area (Å²) in [6, 6.07) is 9.87. The Bertz CT molecular complexity index is 621. The van der Waals surface area contributed by atoms with Crippen LogP contribution in [-0.4, -0.2) is 15.7 Å². The van der Waals surface area contributed by atoms with Crippen LogP contribution in [0.1, 0.15) is 15.9 Å². The van der Waals surface area contributed by atoms with Crippen LogP contribution in [0.5, 0.6) is 0 Å². The van der Waals surface area contributed by atoms with Gasteiger partial charge in [0.2, 0.25) is 0 Å². The summed E-state index contributed by atoms with van der Waals surface area (Å²) >= 11 is 0. The van der Waals surface area contributed by atoms with Gasteiger partial charge in [0.1, 0.15) is 0 Å². The molecule has 0 saturated heterocycles. The molecule has 1 heterocycles. The lowest BCUT2D eigenvalue weighted by atomic mass is 10.1. The maximum absolute atomic E-state index is 11.5. The van der Waals surface area contributed by atoms with Crippen LogP contribution < -0.4 is 16.8 Å². The molecule has 92 valence electrons. The molecule has 6 nitrogen and oxygen atoms in total. The van der Waals surface area contributed by atoms with Gasteiger partial charge < -0.3 is 0 Å². The van der Waals surface area contributed by atoms with Crippen LogP contribution in [0.15, 0.2) is 47.4 Å². The van der Waals surface area contributed by atoms with Crippen LogP contribution in [-0.2, 0) is 6.54 Å². The molecule has 0 spiro atoms. The number of hydrogen-bond donors (Lipinski definition) is 2. The fraction of sp³-hybridized carbons (Fsp3) is 0.0833. The topological polar surface area (TPSA) is 90.0 Å². The highest BCUT2D eigenvalue weighted by Gasteiger charge is 2.05. The predicted octanol–water partition coefficient (Wildman–Crippen LogP) is -0.105. The zero-order valence-electron chi connectivity index (χ0n) is 9.54. The Morgan fingerprint density at radius 3 is 2.89 bits per heavy atom. The Morgan fingerprint density at radius 1 is 1.33 bits per heavy atom. The number of benzene rings is 1. The average molecular weight is 244 g/mol. The van der Waals surface area contributed by atoms with E-state index in [-0.39, 0.29) is 11.5 Å². The summed E-state index contributed by atoms with van der Waals surface area (Å²) in [7, 11) is 0. The zero-order chi connectivity index (χ0) is 13.0. The number of carbonyl (C=O) groups excluding carboxylic acids is 1. The van der Waals surface area contributed by atoms with E-state index in [1.165, 1.54) is 16.9 Å². The van der Waals surface area contributed by atoms with E-state index < -0.39 is 0 Å². The summed E-state index contributed by atoms with van der Waals surface area (Å²) in [6.45, 7) is 0.311. The lowest BCUT2D eigenvalue weighted by Crippen LogP contribution is -2.30. The van der Waals surface area contributed by atoms with E-state index in [1.807, 2.05) is 6.07 Å². The van der Waals surface area contributed by atoms with E-state index >= 15 is 0 Å². The number of nitrogens with two attached hydrogens (primary N) is 1. The highest BCUT2D eigenvalue weighted by molar-refractivity contribution is 5.93. The number of aromatic nitrogens is 2. The van der Waals surface area contributed by atoms with Crippen LogP contribution in [0, 0.1) is 0 Å². The third-order valence-corrected chi connectivity index (χ3v) is 2.44. The number of amides is 1. The van der Waals surface area contributed by atoms with Crippen molar-refractivity contribution in [3.05, 3.63) is 64.1 Å². The molecular formula is C12H12N4O2. The first-order valence-electron chi connectivity index (χ1n) is 5.33. The van der Waals surface area contributed by atoms with Crippen molar-refractivity contribution in [1.82, 2.24) is 15.2 Å². The molecule has 2 aromatic rings. The Hall–Kier alpha value is -2.47. The van der Waals surface area contributed by atoms with Crippen LogP contribution in [0.25, 0.3) is 0 Å². The van der Waals surface area contributed by atoms with Gasteiger partial charge in [-0.3, -0.25) is 15.0 Å². The summed E-state index contributed by atoms with van der Waals surface area (Å²) in [5.74, 6) is 4.69. The third kappa shape index (κ3) is 2.61. The second kappa shape index (κ2) is 5.24. The maximum Gasteiger partial charge on any atom is 0.267 e. The van der Waals surface area contributed by atoms with Crippen LogP contribution >= 0.6 is 0 Å². The summed E-state index contributed by atoms with van der Waals surface area (Å²) in [5, 5.41) is 3.95. The van der Waals surface area contributed by atoms with Gasteiger partial charge in [0, 0.05) is 17.8 Å². The number of hydrogen-bond acceptors (Lipinski definition) is 4. The van der Waals surface area contributed by atoms with Crippen LogP contribution in [0.2, 0.25) is 0 Å². The number of rotatable bonds is 3. The Balaban J connectivity index is 2.28. The van der Waals surface area contributed by atoms with Gasteiger partial charge in [0.15, 0.2) is 0 Å². The second-order valence-corrected chi connectivity index (χ2v) is 3.69. The summed E-state index contributed by atoms with van der Waals surface area (Å²) in [6.07, 6.45) is 1.54. The van der Waals surface area contributed by atoms with Gasteiger partial charge in [-0.15, -0.1) is 0 Å². The van der Waals surface area contributed by atoms with Gasteiger partial charge in [0.05, 0.1) is 6.54 Å². The van der Waals surface area contributed by atoms with Gasteiger partial charge in [-0.05, 0) is 23.8 Å². The number of nitrogens with one attached hydrogen (secondary N) is 1. The molecule has 0 unspecified atom stereocenters. The first kappa shape index (κ1) is 12.0. The Labute approximate surface area is 103 Å². The monoisotopic (exact) mass is 244 g/mol. The minimum absolute atomic E-state index is 0.189. The van der Waals surface area contributed by atoms with Crippen molar-refractivity contribution in [3.63, 3.8) is 0 Å². The highest BCUT2D eigenvalue weighted by atomic mass is 16.2. The maximum atomic E-state index is 11.5. The largest absolute Gasteiger partial charge is 0.290 e. The SMILES string of the molecule is NNC(=O)c1cccc(Cn2ncccc2=O)c1. The van der Waals surface area contributed by atoms with E-state index in [9.17, 15) is 9.59 Å². The zero-order valence-corrected chi connectivity index (χ0v) is 9.54. The van der Waals surface area contributed by atoms with Gasteiger partial charge in [-0.25, -0.2) is 10.5 Å². The molecule has 18 heavy (non-hydrogen) atoms. The smallest absolute Gasteiger partial charge is 0.267 e. The Morgan fingerprint density at radius 2 is 2.17 bits per heavy atom. The molecule has 0 saturated carbocycles. The van der Waals surface area contributed by atoms with Crippen molar-refractivity contribution >= 4 is 5.91 Å². The van der Waals surface area contributed by atoms with Crippen LogP contribution in [0.3, 0.4) is 0 Å². The van der Waals surface area contributed by atoms with Crippen molar-refractivity contribution in [2.45, 2.75) is 6.54 Å². The average Bonchev–Trinajstić information content (AvgIpc) is 2.41. The van der Waals surface area contributed by atoms with Crippen molar-refractivity contribution in [3.8, 4) is 0 Å². The molecule has 0 aliphatic rings. The van der Waals surface area contributed by atoms with Gasteiger partial charge in [0.25, 0.3) is 11.5 Å². The van der Waals surface area contributed by atoms with E-state index in [1.54, 1.807) is 24.3 Å². The predicted molar refractivity (Wildman–Crippen MR) is 65.7 cm³/mol. The molecule has 1 amide bonds. The number of carbonyl (C=O) groups is 1. The van der Waals surface area contributed by atoms with Gasteiger partial charge >= 0.3 is 0 Å². The van der Waals surface area contributed by atoms with Gasteiger partial charge in [-0.1, -0.05) is 12.1 Å². The first-order chi connectivity index (χ1) is 8.70. The molecule has 0 aliphatic heterocycles. The summed E-state index contributed by atoms with van der Waals surface area (Å²) in [5.41, 5.74) is 3.12. The van der Waals surface area contributed by atoms with Crippen molar-refractivity contribution in [1.29, 1.82) is 0 Å². The molecule has 0 fully saturated rings.